The summed E-state index contributed by atoms with van der Waals surface area (Å²) in [6.07, 6.45) is 0. The van der Waals surface area contributed by atoms with Crippen molar-refractivity contribution < 1.29 is 9.90 Å². The van der Waals surface area contributed by atoms with Crippen LogP contribution >= 0.6 is 11.8 Å². The van der Waals surface area contributed by atoms with Gasteiger partial charge in [-0.2, -0.15) is 11.8 Å². The number of hydrogen-bond donors (Lipinski definition) is 2. The summed E-state index contributed by atoms with van der Waals surface area (Å²) < 4.78 is 1.63. The number of nitrogens with zero attached hydrogens (tertiary/aromatic N) is 1. The number of rotatable bonds is 5. The highest BCUT2D eigenvalue weighted by molar-refractivity contribution is 7.99. The molecule has 1 aromatic carbocycles. The zero-order valence-electron chi connectivity index (χ0n) is 10.8. The van der Waals surface area contributed by atoms with Crippen LogP contribution in [-0.2, 0) is 0 Å². The fraction of sp³-hybridized carbons (Fsp3) is 0.385. The molecule has 0 aliphatic carbocycles. The Morgan fingerprint density at radius 1 is 1.53 bits per heavy atom. The van der Waals surface area contributed by atoms with E-state index in [1.807, 2.05) is 6.92 Å². The minimum Gasteiger partial charge on any atom is -0.478 e. The number of thioether (sulfide) groups is 1. The molecule has 19 heavy (non-hydrogen) atoms. The fourth-order valence-electron chi connectivity index (χ4n) is 2.13. The molecule has 2 rings (SSSR count). The summed E-state index contributed by atoms with van der Waals surface area (Å²) in [6, 6.07) is 4.95. The number of imidazole rings is 1. The van der Waals surface area contributed by atoms with E-state index in [1.165, 1.54) is 6.07 Å². The van der Waals surface area contributed by atoms with Gasteiger partial charge in [0, 0.05) is 11.8 Å². The van der Waals surface area contributed by atoms with Crippen LogP contribution in [0.2, 0.25) is 0 Å². The number of benzene rings is 1. The maximum Gasteiger partial charge on any atom is 0.337 e. The van der Waals surface area contributed by atoms with Gasteiger partial charge in [-0.05, 0) is 24.8 Å². The number of fused-ring (bicyclic) bond motifs is 1. The first-order valence-electron chi connectivity index (χ1n) is 6.10. The number of H-pyrrole nitrogens is 1. The van der Waals surface area contributed by atoms with E-state index in [1.54, 1.807) is 28.5 Å². The summed E-state index contributed by atoms with van der Waals surface area (Å²) in [7, 11) is 0. The van der Waals surface area contributed by atoms with Crippen molar-refractivity contribution in [2.45, 2.75) is 19.9 Å². The number of carboxylic acids is 1. The van der Waals surface area contributed by atoms with Gasteiger partial charge in [-0.15, -0.1) is 0 Å². The zero-order chi connectivity index (χ0) is 14.0. The normalized spacial score (nSPS) is 12.7. The Balaban J connectivity index is 2.57. The van der Waals surface area contributed by atoms with Crippen molar-refractivity contribution in [1.82, 2.24) is 9.55 Å². The van der Waals surface area contributed by atoms with Crippen LogP contribution in [0.4, 0.5) is 0 Å². The van der Waals surface area contributed by atoms with Gasteiger partial charge in [-0.25, -0.2) is 9.59 Å². The van der Waals surface area contributed by atoms with Crippen molar-refractivity contribution in [3.05, 3.63) is 34.2 Å². The molecule has 1 heterocycles. The van der Waals surface area contributed by atoms with Gasteiger partial charge in [0.25, 0.3) is 0 Å². The lowest BCUT2D eigenvalue weighted by molar-refractivity contribution is 0.0699. The molecule has 102 valence electrons. The predicted octanol–water partition coefficient (Wildman–Crippen LogP) is 2.34. The Hall–Kier alpha value is -1.69. The molecule has 2 N–H and O–H groups in total. The quantitative estimate of drug-likeness (QED) is 0.881. The number of carboxylic acid groups (broad SMARTS) is 1. The first kappa shape index (κ1) is 13.7. The summed E-state index contributed by atoms with van der Waals surface area (Å²) in [6.45, 7) is 4.03. The second-order valence-corrected chi connectivity index (χ2v) is 5.63. The van der Waals surface area contributed by atoms with Crippen molar-refractivity contribution in [1.29, 1.82) is 0 Å². The second-order valence-electron chi connectivity index (χ2n) is 4.31. The van der Waals surface area contributed by atoms with Gasteiger partial charge >= 0.3 is 11.7 Å². The van der Waals surface area contributed by atoms with Crippen LogP contribution in [0.5, 0.6) is 0 Å². The molecule has 1 atom stereocenters. The molecule has 0 aliphatic heterocycles. The second kappa shape index (κ2) is 5.52. The molecule has 5 nitrogen and oxygen atoms in total. The van der Waals surface area contributed by atoms with Crippen LogP contribution in [0, 0.1) is 0 Å². The number of aromatic carboxylic acids is 1. The van der Waals surface area contributed by atoms with E-state index in [2.05, 4.69) is 11.9 Å². The van der Waals surface area contributed by atoms with Crippen molar-refractivity contribution in [3.63, 3.8) is 0 Å². The Labute approximate surface area is 114 Å². The highest BCUT2D eigenvalue weighted by Crippen LogP contribution is 2.20. The lowest BCUT2D eigenvalue weighted by Gasteiger charge is -2.12. The molecule has 1 aromatic heterocycles. The van der Waals surface area contributed by atoms with E-state index in [0.717, 1.165) is 11.5 Å². The van der Waals surface area contributed by atoms with E-state index >= 15 is 0 Å². The Morgan fingerprint density at radius 3 is 2.89 bits per heavy atom. The van der Waals surface area contributed by atoms with E-state index in [9.17, 15) is 9.59 Å². The van der Waals surface area contributed by atoms with Gasteiger partial charge in [0.15, 0.2) is 0 Å². The summed E-state index contributed by atoms with van der Waals surface area (Å²) in [4.78, 5) is 25.8. The van der Waals surface area contributed by atoms with Gasteiger partial charge in [-0.1, -0.05) is 13.0 Å². The van der Waals surface area contributed by atoms with Crippen LogP contribution in [0.25, 0.3) is 11.0 Å². The third-order valence-corrected chi connectivity index (χ3v) is 4.11. The SMILES string of the molecule is CCSCC(C)n1c(=O)[nH]c2c(C(=O)O)cccc21. The van der Waals surface area contributed by atoms with Gasteiger partial charge in [0.2, 0.25) is 0 Å². The van der Waals surface area contributed by atoms with E-state index < -0.39 is 5.97 Å². The van der Waals surface area contributed by atoms with Crippen molar-refractivity contribution in [2.24, 2.45) is 0 Å². The first-order valence-corrected chi connectivity index (χ1v) is 7.26. The van der Waals surface area contributed by atoms with Gasteiger partial charge in [0.1, 0.15) is 0 Å². The zero-order valence-corrected chi connectivity index (χ0v) is 11.7. The summed E-state index contributed by atoms with van der Waals surface area (Å²) in [5.41, 5.74) is 0.916. The minimum atomic E-state index is -1.03. The van der Waals surface area contributed by atoms with E-state index in [-0.39, 0.29) is 17.3 Å². The molecule has 0 saturated heterocycles. The number of hydrogen-bond acceptors (Lipinski definition) is 3. The third-order valence-electron chi connectivity index (χ3n) is 2.99. The first-order chi connectivity index (χ1) is 9.06. The Morgan fingerprint density at radius 2 is 2.26 bits per heavy atom. The number of para-hydroxylation sites is 1. The summed E-state index contributed by atoms with van der Waals surface area (Å²) in [5.74, 6) is 0.775. The van der Waals surface area contributed by atoms with Gasteiger partial charge < -0.3 is 10.1 Å². The number of aromatic nitrogens is 2. The number of carbonyl (C=O) groups is 1. The topological polar surface area (TPSA) is 75.1 Å². The van der Waals surface area contributed by atoms with E-state index in [4.69, 9.17) is 5.11 Å². The molecule has 2 aromatic rings. The molecule has 0 bridgehead atoms. The molecule has 0 spiro atoms. The Bertz CT molecular complexity index is 659. The standard InChI is InChI=1S/C13H16N2O3S/c1-3-19-7-8(2)15-10-6-4-5-9(12(16)17)11(10)14-13(15)18/h4-6,8H,3,7H2,1-2H3,(H,14,18)(H,16,17). The lowest BCUT2D eigenvalue weighted by atomic mass is 10.2. The van der Waals surface area contributed by atoms with Crippen molar-refractivity contribution in [2.75, 3.05) is 11.5 Å². The molecule has 0 fully saturated rings. The van der Waals surface area contributed by atoms with Crippen LogP contribution in [0.1, 0.15) is 30.2 Å². The van der Waals surface area contributed by atoms with Crippen LogP contribution in [-0.4, -0.2) is 32.1 Å². The summed E-state index contributed by atoms with van der Waals surface area (Å²) >= 11 is 1.75. The van der Waals surface area contributed by atoms with Crippen LogP contribution < -0.4 is 5.69 Å². The smallest absolute Gasteiger partial charge is 0.337 e. The van der Waals surface area contributed by atoms with E-state index in [0.29, 0.717) is 11.0 Å². The van der Waals surface area contributed by atoms with Crippen molar-refractivity contribution in [3.8, 4) is 0 Å². The molecular weight excluding hydrogens is 264 g/mol. The van der Waals surface area contributed by atoms with Gasteiger partial charge in [-0.3, -0.25) is 4.57 Å². The number of nitrogens with one attached hydrogen (secondary N) is 1. The van der Waals surface area contributed by atoms with Gasteiger partial charge in [0.05, 0.1) is 16.6 Å². The summed E-state index contributed by atoms with van der Waals surface area (Å²) in [5, 5.41) is 9.13. The average molecular weight is 280 g/mol. The minimum absolute atomic E-state index is 0.0234. The molecular formula is C13H16N2O3S. The molecule has 6 heteroatoms. The largest absolute Gasteiger partial charge is 0.478 e. The highest BCUT2D eigenvalue weighted by atomic mass is 32.2. The molecule has 1 unspecified atom stereocenters. The molecule has 0 saturated carbocycles. The van der Waals surface area contributed by atoms with Crippen LogP contribution in [0.3, 0.4) is 0 Å². The number of aromatic amines is 1. The third kappa shape index (κ3) is 2.53. The van der Waals surface area contributed by atoms with Crippen LogP contribution in [0.15, 0.2) is 23.0 Å². The molecule has 0 amide bonds. The fourth-order valence-corrected chi connectivity index (χ4v) is 2.85. The molecule has 0 aliphatic rings. The Kier molecular flexibility index (Phi) is 3.99. The van der Waals surface area contributed by atoms with Crippen molar-refractivity contribution >= 4 is 28.8 Å². The average Bonchev–Trinajstić information content (AvgIpc) is 2.71. The highest BCUT2D eigenvalue weighted by Gasteiger charge is 2.17. The molecule has 0 radical (unpaired) electrons. The predicted molar refractivity (Wildman–Crippen MR) is 77.2 cm³/mol. The maximum absolute atomic E-state index is 12.0. The maximum atomic E-state index is 12.0. The lowest BCUT2D eigenvalue weighted by Crippen LogP contribution is -2.21. The monoisotopic (exact) mass is 280 g/mol.